The fourth-order valence-corrected chi connectivity index (χ4v) is 2.04. The van der Waals surface area contributed by atoms with Gasteiger partial charge in [-0.05, 0) is 31.8 Å². The molecule has 0 amide bonds. The highest BCUT2D eigenvalue weighted by Crippen LogP contribution is 2.26. The van der Waals surface area contributed by atoms with Gasteiger partial charge in [0.25, 0.3) is 0 Å². The monoisotopic (exact) mass is 262 g/mol. The van der Waals surface area contributed by atoms with Crippen molar-refractivity contribution < 1.29 is 9.22 Å². The zero-order valence-corrected chi connectivity index (χ0v) is 11.3. The smallest absolute Gasteiger partial charge is 0.326 e. The normalized spacial score (nSPS) is 11.3. The second-order valence-corrected chi connectivity index (χ2v) is 9.32. The second kappa shape index (κ2) is 4.55. The minimum absolute atomic E-state index is 0.252. The van der Waals surface area contributed by atoms with E-state index in [-0.39, 0.29) is 5.02 Å². The molecule has 0 atom stereocenters. The first kappa shape index (κ1) is 12.6. The zero-order chi connectivity index (χ0) is 11.6. The van der Waals surface area contributed by atoms with Gasteiger partial charge in [0, 0.05) is 0 Å². The van der Waals surface area contributed by atoms with E-state index in [4.69, 9.17) is 27.6 Å². The van der Waals surface area contributed by atoms with Gasteiger partial charge in [0.2, 0.25) is 8.32 Å². The van der Waals surface area contributed by atoms with Crippen molar-refractivity contribution in [1.29, 1.82) is 0 Å². The van der Waals surface area contributed by atoms with E-state index in [0.29, 0.717) is 10.6 Å². The van der Waals surface area contributed by atoms with Crippen molar-refractivity contribution in [3.63, 3.8) is 0 Å². The molecule has 2 nitrogen and oxygen atoms in total. The van der Waals surface area contributed by atoms with Crippen LogP contribution in [0.4, 0.5) is 0 Å². The predicted octanol–water partition coefficient (Wildman–Crippen LogP) is 3.99. The molecule has 1 rings (SSSR count). The summed E-state index contributed by atoms with van der Waals surface area (Å²) in [7, 11) is -1.89. The number of carbonyl (C=O) groups is 1. The van der Waals surface area contributed by atoms with Crippen molar-refractivity contribution in [1.82, 2.24) is 0 Å². The Morgan fingerprint density at radius 1 is 1.27 bits per heavy atom. The van der Waals surface area contributed by atoms with Crippen molar-refractivity contribution in [2.24, 2.45) is 0 Å². The third-order valence-electron chi connectivity index (χ3n) is 1.57. The zero-order valence-electron chi connectivity index (χ0n) is 8.80. The van der Waals surface area contributed by atoms with Gasteiger partial charge >= 0.3 is 5.97 Å². The minimum Gasteiger partial charge on any atom is -0.516 e. The van der Waals surface area contributed by atoms with Crippen molar-refractivity contribution in [2.75, 3.05) is 0 Å². The molecule has 0 unspecified atom stereocenters. The quantitative estimate of drug-likeness (QED) is 0.754. The largest absolute Gasteiger partial charge is 0.516 e. The van der Waals surface area contributed by atoms with Gasteiger partial charge in [-0.1, -0.05) is 29.3 Å². The Hall–Kier alpha value is -0.513. The lowest BCUT2D eigenvalue weighted by molar-refractivity contribution is 0.0725. The number of rotatable bonds is 2. The Morgan fingerprint density at radius 3 is 2.40 bits per heavy atom. The summed E-state index contributed by atoms with van der Waals surface area (Å²) < 4.78 is 5.32. The van der Waals surface area contributed by atoms with E-state index in [1.54, 1.807) is 18.2 Å². The van der Waals surface area contributed by atoms with Gasteiger partial charge in [0.15, 0.2) is 0 Å². The second-order valence-electron chi connectivity index (χ2n) is 4.10. The maximum atomic E-state index is 11.7. The van der Waals surface area contributed by atoms with Crippen LogP contribution in [-0.4, -0.2) is 14.3 Å². The Morgan fingerprint density at radius 2 is 1.87 bits per heavy atom. The maximum absolute atomic E-state index is 11.7. The van der Waals surface area contributed by atoms with E-state index < -0.39 is 14.3 Å². The van der Waals surface area contributed by atoms with Gasteiger partial charge in [0.05, 0.1) is 15.6 Å². The van der Waals surface area contributed by atoms with Crippen LogP contribution in [0, 0.1) is 0 Å². The van der Waals surface area contributed by atoms with E-state index >= 15 is 0 Å². The topological polar surface area (TPSA) is 26.3 Å². The van der Waals surface area contributed by atoms with E-state index in [9.17, 15) is 4.79 Å². The van der Waals surface area contributed by atoms with E-state index in [1.165, 1.54) is 0 Å². The van der Waals surface area contributed by atoms with Crippen LogP contribution in [0.2, 0.25) is 29.7 Å². The lowest BCUT2D eigenvalue weighted by Gasteiger charge is -2.17. The molecule has 0 saturated carbocycles. The molecular formula is C10H12Cl2O2Si. The number of halogens is 2. The number of hydrogen-bond donors (Lipinski definition) is 0. The van der Waals surface area contributed by atoms with Gasteiger partial charge in [-0.3, -0.25) is 0 Å². The summed E-state index contributed by atoms with van der Waals surface area (Å²) in [6.07, 6.45) is 0. The van der Waals surface area contributed by atoms with Crippen molar-refractivity contribution in [2.45, 2.75) is 19.6 Å². The molecule has 0 aliphatic rings. The standard InChI is InChI=1S/C10H12Cl2O2Si/c1-15(2,3)14-10(13)7-5-4-6-8(11)9(7)12/h4-6H,1-3H3. The Bertz CT molecular complexity index is 385. The average Bonchev–Trinajstić information content (AvgIpc) is 2.06. The molecule has 0 radical (unpaired) electrons. The molecule has 1 aromatic rings. The van der Waals surface area contributed by atoms with Crippen molar-refractivity contribution >= 4 is 37.5 Å². The molecule has 0 aliphatic heterocycles. The molecule has 0 aromatic heterocycles. The molecule has 0 heterocycles. The van der Waals surface area contributed by atoms with E-state index in [2.05, 4.69) is 0 Å². The molecule has 0 N–H and O–H groups in total. The maximum Gasteiger partial charge on any atom is 0.326 e. The SMILES string of the molecule is C[Si](C)(C)OC(=O)c1cccc(Cl)c1Cl. The molecule has 0 spiro atoms. The van der Waals surface area contributed by atoms with Crippen LogP contribution in [0.3, 0.4) is 0 Å². The van der Waals surface area contributed by atoms with Crippen LogP contribution in [0.15, 0.2) is 18.2 Å². The van der Waals surface area contributed by atoms with Gasteiger partial charge in [-0.15, -0.1) is 0 Å². The first-order chi connectivity index (χ1) is 6.81. The van der Waals surface area contributed by atoms with Crippen LogP contribution in [0.1, 0.15) is 10.4 Å². The summed E-state index contributed by atoms with van der Waals surface area (Å²) in [5, 5.41) is 0.615. The average molecular weight is 263 g/mol. The van der Waals surface area contributed by atoms with Crippen LogP contribution in [0.25, 0.3) is 0 Å². The summed E-state index contributed by atoms with van der Waals surface area (Å²) >= 11 is 11.7. The number of benzene rings is 1. The van der Waals surface area contributed by atoms with Gasteiger partial charge < -0.3 is 4.43 Å². The Balaban J connectivity index is 2.97. The van der Waals surface area contributed by atoms with Crippen LogP contribution >= 0.6 is 23.2 Å². The lowest BCUT2D eigenvalue weighted by atomic mass is 10.2. The first-order valence-electron chi connectivity index (χ1n) is 4.48. The molecule has 15 heavy (non-hydrogen) atoms. The fourth-order valence-electron chi connectivity index (χ4n) is 0.995. The summed E-state index contributed by atoms with van der Waals surface area (Å²) in [4.78, 5) is 11.7. The highest BCUT2D eigenvalue weighted by molar-refractivity contribution is 6.71. The third-order valence-corrected chi connectivity index (χ3v) is 3.19. The van der Waals surface area contributed by atoms with Gasteiger partial charge in [-0.2, -0.15) is 0 Å². The molecule has 0 saturated heterocycles. The predicted molar refractivity (Wildman–Crippen MR) is 65.2 cm³/mol. The molecule has 0 fully saturated rings. The summed E-state index contributed by atoms with van der Waals surface area (Å²) in [6, 6.07) is 4.92. The molecule has 1 aromatic carbocycles. The van der Waals surface area contributed by atoms with Crippen molar-refractivity contribution in [3.05, 3.63) is 33.8 Å². The molecule has 5 heteroatoms. The molecule has 0 bridgehead atoms. The lowest BCUT2D eigenvalue weighted by Crippen LogP contribution is -2.29. The van der Waals surface area contributed by atoms with Crippen LogP contribution < -0.4 is 0 Å². The Kier molecular flexibility index (Phi) is 3.81. The van der Waals surface area contributed by atoms with Gasteiger partial charge in [0.1, 0.15) is 0 Å². The first-order valence-corrected chi connectivity index (χ1v) is 8.65. The molecular weight excluding hydrogens is 251 g/mol. The van der Waals surface area contributed by atoms with E-state index in [1.807, 2.05) is 19.6 Å². The van der Waals surface area contributed by atoms with E-state index in [0.717, 1.165) is 0 Å². The third kappa shape index (κ3) is 3.52. The summed E-state index contributed by atoms with van der Waals surface area (Å²) in [6.45, 7) is 5.80. The van der Waals surface area contributed by atoms with Gasteiger partial charge in [-0.25, -0.2) is 4.79 Å². The van der Waals surface area contributed by atoms with Crippen LogP contribution in [0.5, 0.6) is 0 Å². The molecule has 82 valence electrons. The molecule has 0 aliphatic carbocycles. The fraction of sp³-hybridized carbons (Fsp3) is 0.300. The highest BCUT2D eigenvalue weighted by atomic mass is 35.5. The van der Waals surface area contributed by atoms with Crippen LogP contribution in [-0.2, 0) is 4.43 Å². The highest BCUT2D eigenvalue weighted by Gasteiger charge is 2.22. The minimum atomic E-state index is -1.89. The number of carbonyl (C=O) groups excluding carboxylic acids is 1. The summed E-state index contributed by atoms with van der Waals surface area (Å²) in [5.41, 5.74) is 0.326. The van der Waals surface area contributed by atoms with Crippen molar-refractivity contribution in [3.8, 4) is 0 Å². The summed E-state index contributed by atoms with van der Waals surface area (Å²) in [5.74, 6) is -0.401. The Labute approximate surface area is 100 Å². The number of hydrogen-bond acceptors (Lipinski definition) is 2.